The molecule has 0 aromatic heterocycles. The van der Waals surface area contributed by atoms with E-state index in [2.05, 4.69) is 19.2 Å². The lowest BCUT2D eigenvalue weighted by Crippen LogP contribution is -2.32. The molecule has 1 rings (SSSR count). The number of methoxy groups -OCH3 is 1. The van der Waals surface area contributed by atoms with Crippen molar-refractivity contribution >= 4 is 23.2 Å². The zero-order valence-electron chi connectivity index (χ0n) is 9.81. The van der Waals surface area contributed by atoms with Gasteiger partial charge in [-0.3, -0.25) is 0 Å². The lowest BCUT2D eigenvalue weighted by molar-refractivity contribution is 0.413. The molecule has 16 heavy (non-hydrogen) atoms. The molecule has 1 aromatic carbocycles. The van der Waals surface area contributed by atoms with Crippen LogP contribution in [0.4, 0.5) is 0 Å². The summed E-state index contributed by atoms with van der Waals surface area (Å²) < 4.78 is 5.12. The van der Waals surface area contributed by atoms with E-state index < -0.39 is 0 Å². The Bertz CT molecular complexity index is 353. The van der Waals surface area contributed by atoms with Gasteiger partial charge in [-0.2, -0.15) is 0 Å². The average Bonchev–Trinajstić information content (AvgIpc) is 2.25. The van der Waals surface area contributed by atoms with Crippen LogP contribution in [0.1, 0.15) is 19.4 Å². The van der Waals surface area contributed by atoms with Gasteiger partial charge in [0.05, 0.1) is 13.1 Å². The fraction of sp³-hybridized carbons (Fsp3) is 0.500. The molecule has 0 unspecified atom stereocenters. The van der Waals surface area contributed by atoms with Crippen LogP contribution in [-0.2, 0) is 5.41 Å². The number of nitrogens with one attached hydrogen (secondary N) is 1. The van der Waals surface area contributed by atoms with Gasteiger partial charge in [0.1, 0.15) is 5.75 Å². The van der Waals surface area contributed by atoms with Crippen LogP contribution in [0.2, 0.25) is 5.02 Å². The second-order valence-corrected chi connectivity index (χ2v) is 4.96. The third kappa shape index (κ3) is 3.27. The van der Waals surface area contributed by atoms with E-state index in [1.165, 1.54) is 0 Å². The molecule has 0 heterocycles. The third-order valence-electron chi connectivity index (χ3n) is 2.57. The maximum Gasteiger partial charge on any atom is 0.120 e. The van der Waals surface area contributed by atoms with E-state index in [4.69, 9.17) is 27.9 Å². The Hall–Kier alpha value is -0.440. The number of benzene rings is 1. The Balaban J connectivity index is 2.94. The van der Waals surface area contributed by atoms with Gasteiger partial charge in [0.25, 0.3) is 0 Å². The van der Waals surface area contributed by atoms with Crippen molar-refractivity contribution < 1.29 is 4.74 Å². The van der Waals surface area contributed by atoms with Crippen molar-refractivity contribution in [2.75, 3.05) is 19.7 Å². The first-order valence-electron chi connectivity index (χ1n) is 5.12. The average molecular weight is 262 g/mol. The molecule has 0 aliphatic rings. The summed E-state index contributed by atoms with van der Waals surface area (Å²) in [6, 6.07) is 6.19. The molecule has 0 fully saturated rings. The van der Waals surface area contributed by atoms with E-state index in [0.717, 1.165) is 22.9 Å². The van der Waals surface area contributed by atoms with Gasteiger partial charge in [0, 0.05) is 17.0 Å². The van der Waals surface area contributed by atoms with E-state index in [1.54, 1.807) is 7.11 Å². The van der Waals surface area contributed by atoms with E-state index >= 15 is 0 Å². The zero-order valence-corrected chi connectivity index (χ0v) is 11.3. The number of alkyl halides is 1. The first-order chi connectivity index (χ1) is 7.51. The number of hydrogen-bond donors (Lipinski definition) is 1. The van der Waals surface area contributed by atoms with Crippen LogP contribution in [-0.4, -0.2) is 19.7 Å². The molecule has 0 aliphatic heterocycles. The van der Waals surface area contributed by atoms with Crippen LogP contribution in [0.5, 0.6) is 5.75 Å². The molecule has 1 N–H and O–H groups in total. The highest BCUT2D eigenvalue weighted by molar-refractivity contribution is 6.31. The maximum atomic E-state index is 6.23. The molecule has 4 heteroatoms. The predicted molar refractivity (Wildman–Crippen MR) is 69.8 cm³/mol. The van der Waals surface area contributed by atoms with Crippen molar-refractivity contribution in [2.45, 2.75) is 19.3 Å². The Morgan fingerprint density at radius 2 is 2.06 bits per heavy atom. The second-order valence-electron chi connectivity index (χ2n) is 4.29. The molecular formula is C12H17Cl2NO. The number of ether oxygens (including phenoxy) is 1. The molecule has 0 radical (unpaired) electrons. The summed E-state index contributed by atoms with van der Waals surface area (Å²) in [5, 5.41) is 3.84. The first-order valence-corrected chi connectivity index (χ1v) is 6.03. The fourth-order valence-corrected chi connectivity index (χ4v) is 2.15. The van der Waals surface area contributed by atoms with Crippen molar-refractivity contribution in [2.24, 2.45) is 0 Å². The fourth-order valence-electron chi connectivity index (χ4n) is 1.63. The van der Waals surface area contributed by atoms with E-state index in [1.807, 2.05) is 18.2 Å². The summed E-state index contributed by atoms with van der Waals surface area (Å²) >= 11 is 11.8. The lowest BCUT2D eigenvalue weighted by atomic mass is 9.84. The van der Waals surface area contributed by atoms with E-state index in [0.29, 0.717) is 6.00 Å². The quantitative estimate of drug-likeness (QED) is 0.648. The number of rotatable bonds is 5. The summed E-state index contributed by atoms with van der Waals surface area (Å²) in [7, 11) is 1.63. The van der Waals surface area contributed by atoms with Crippen LogP contribution < -0.4 is 10.1 Å². The SMILES string of the molecule is COc1ccc(C(C)(C)CNCCl)c(Cl)c1. The topological polar surface area (TPSA) is 21.3 Å². The van der Waals surface area contributed by atoms with Gasteiger partial charge < -0.3 is 10.1 Å². The minimum atomic E-state index is -0.0573. The largest absolute Gasteiger partial charge is 0.497 e. The molecule has 1 aromatic rings. The van der Waals surface area contributed by atoms with Crippen LogP contribution in [0.15, 0.2) is 18.2 Å². The van der Waals surface area contributed by atoms with Crippen LogP contribution in [0.25, 0.3) is 0 Å². The van der Waals surface area contributed by atoms with Crippen molar-refractivity contribution in [1.82, 2.24) is 5.32 Å². The summed E-state index contributed by atoms with van der Waals surface area (Å²) in [6.07, 6.45) is 0. The molecule has 2 nitrogen and oxygen atoms in total. The van der Waals surface area contributed by atoms with Crippen molar-refractivity contribution in [3.8, 4) is 5.75 Å². The van der Waals surface area contributed by atoms with Crippen LogP contribution >= 0.6 is 23.2 Å². The Morgan fingerprint density at radius 1 is 1.38 bits per heavy atom. The van der Waals surface area contributed by atoms with Gasteiger partial charge in [-0.15, -0.1) is 11.6 Å². The normalized spacial score (nSPS) is 11.6. The van der Waals surface area contributed by atoms with Crippen LogP contribution in [0, 0.1) is 0 Å². The minimum Gasteiger partial charge on any atom is -0.497 e. The highest BCUT2D eigenvalue weighted by Gasteiger charge is 2.22. The Kier molecular flexibility index (Phi) is 4.90. The zero-order chi connectivity index (χ0) is 12.2. The molecule has 0 atom stereocenters. The molecule has 0 spiro atoms. The van der Waals surface area contributed by atoms with Crippen LogP contribution in [0.3, 0.4) is 0 Å². The van der Waals surface area contributed by atoms with Crippen molar-refractivity contribution in [3.63, 3.8) is 0 Å². The van der Waals surface area contributed by atoms with Gasteiger partial charge in [0.15, 0.2) is 0 Å². The predicted octanol–water partition coefficient (Wildman–Crippen LogP) is 3.41. The van der Waals surface area contributed by atoms with Gasteiger partial charge in [-0.05, 0) is 17.7 Å². The summed E-state index contributed by atoms with van der Waals surface area (Å²) in [4.78, 5) is 0. The van der Waals surface area contributed by atoms with Crippen molar-refractivity contribution in [3.05, 3.63) is 28.8 Å². The Morgan fingerprint density at radius 3 is 2.56 bits per heavy atom. The second kappa shape index (κ2) is 5.76. The molecule has 0 bridgehead atoms. The van der Waals surface area contributed by atoms with Gasteiger partial charge in [0.2, 0.25) is 0 Å². The van der Waals surface area contributed by atoms with Gasteiger partial charge in [-0.25, -0.2) is 0 Å². The van der Waals surface area contributed by atoms with Gasteiger partial charge in [-0.1, -0.05) is 31.5 Å². The molecule has 0 saturated carbocycles. The highest BCUT2D eigenvalue weighted by atomic mass is 35.5. The molecular weight excluding hydrogens is 245 g/mol. The molecule has 0 saturated heterocycles. The summed E-state index contributed by atoms with van der Waals surface area (Å²) in [5.74, 6) is 0.773. The van der Waals surface area contributed by atoms with Gasteiger partial charge >= 0.3 is 0 Å². The molecule has 0 aliphatic carbocycles. The number of halogens is 2. The smallest absolute Gasteiger partial charge is 0.120 e. The highest BCUT2D eigenvalue weighted by Crippen LogP contribution is 2.32. The van der Waals surface area contributed by atoms with E-state index in [-0.39, 0.29) is 5.41 Å². The number of hydrogen-bond acceptors (Lipinski definition) is 2. The van der Waals surface area contributed by atoms with E-state index in [9.17, 15) is 0 Å². The third-order valence-corrected chi connectivity index (χ3v) is 3.07. The Labute approximate surface area is 107 Å². The first kappa shape index (κ1) is 13.6. The van der Waals surface area contributed by atoms with Crippen molar-refractivity contribution in [1.29, 1.82) is 0 Å². The molecule has 0 amide bonds. The molecule has 90 valence electrons. The minimum absolute atomic E-state index is 0.0573. The standard InChI is InChI=1S/C12H17Cl2NO/c1-12(2,7-15-8-13)10-5-4-9(16-3)6-11(10)14/h4-6,15H,7-8H2,1-3H3. The summed E-state index contributed by atoms with van der Waals surface area (Å²) in [5.41, 5.74) is 1.03. The monoisotopic (exact) mass is 261 g/mol. The summed E-state index contributed by atoms with van der Waals surface area (Å²) in [6.45, 7) is 5.03. The lowest BCUT2D eigenvalue weighted by Gasteiger charge is -2.26. The maximum absolute atomic E-state index is 6.23.